The van der Waals surface area contributed by atoms with Crippen molar-refractivity contribution in [3.63, 3.8) is 0 Å². The van der Waals surface area contributed by atoms with Crippen LogP contribution in [0.3, 0.4) is 0 Å². The third kappa shape index (κ3) is 2.58. The van der Waals surface area contributed by atoms with E-state index in [1.54, 1.807) is 0 Å². The fourth-order valence-electron chi connectivity index (χ4n) is 4.35. The average Bonchev–Trinajstić information content (AvgIpc) is 3.38. The van der Waals surface area contributed by atoms with Gasteiger partial charge in [-0.05, 0) is 50.2 Å². The van der Waals surface area contributed by atoms with Crippen LogP contribution in [0.4, 0.5) is 0 Å². The lowest BCUT2D eigenvalue weighted by Crippen LogP contribution is -2.41. The maximum Gasteiger partial charge on any atom is 0.274 e. The van der Waals surface area contributed by atoms with Gasteiger partial charge in [0.1, 0.15) is 5.82 Å². The van der Waals surface area contributed by atoms with Gasteiger partial charge in [-0.1, -0.05) is 6.07 Å². The second-order valence-corrected chi connectivity index (χ2v) is 7.39. The van der Waals surface area contributed by atoms with E-state index < -0.39 is 0 Å². The zero-order valence-corrected chi connectivity index (χ0v) is 14.7. The molecule has 1 aliphatic carbocycles. The summed E-state index contributed by atoms with van der Waals surface area (Å²) < 4.78 is 2.04. The summed E-state index contributed by atoms with van der Waals surface area (Å²) in [4.78, 5) is 15.0. The van der Waals surface area contributed by atoms with E-state index in [-0.39, 0.29) is 5.91 Å². The molecule has 0 radical (unpaired) electrons. The highest BCUT2D eigenvalue weighted by Gasteiger charge is 2.30. The van der Waals surface area contributed by atoms with Crippen LogP contribution in [-0.4, -0.2) is 48.7 Å². The van der Waals surface area contributed by atoms with Crippen LogP contribution in [0, 0.1) is 5.92 Å². The summed E-state index contributed by atoms with van der Waals surface area (Å²) in [5.41, 5.74) is 3.81. The minimum absolute atomic E-state index is 0.0835. The highest BCUT2D eigenvalue weighted by Crippen LogP contribution is 2.26. The lowest BCUT2D eigenvalue weighted by atomic mass is 9.94. The first-order valence-electron chi connectivity index (χ1n) is 9.43. The van der Waals surface area contributed by atoms with Crippen LogP contribution >= 0.6 is 0 Å². The molecule has 1 aliphatic heterocycles. The fraction of sp³-hybridized carbons (Fsp3) is 0.474. The molecule has 1 unspecified atom stereocenters. The van der Waals surface area contributed by atoms with Crippen molar-refractivity contribution in [3.05, 3.63) is 47.2 Å². The van der Waals surface area contributed by atoms with Crippen LogP contribution in [0.25, 0.3) is 5.65 Å². The van der Waals surface area contributed by atoms with E-state index in [9.17, 15) is 4.79 Å². The summed E-state index contributed by atoms with van der Waals surface area (Å²) in [6, 6.07) is 5.93. The van der Waals surface area contributed by atoms with Crippen molar-refractivity contribution < 1.29 is 4.79 Å². The second-order valence-electron chi connectivity index (χ2n) is 7.39. The molecule has 3 aromatic rings. The van der Waals surface area contributed by atoms with Gasteiger partial charge >= 0.3 is 0 Å². The Labute approximate surface area is 151 Å². The van der Waals surface area contributed by atoms with Gasteiger partial charge in [-0.15, -0.1) is 10.2 Å². The maximum absolute atomic E-state index is 13.0. The molecule has 1 saturated heterocycles. The van der Waals surface area contributed by atoms with Gasteiger partial charge in [0.05, 0.1) is 0 Å². The Morgan fingerprint density at radius 1 is 1.23 bits per heavy atom. The summed E-state index contributed by atoms with van der Waals surface area (Å²) in [6.07, 6.45) is 8.09. The summed E-state index contributed by atoms with van der Waals surface area (Å²) in [6.45, 7) is 1.58. The molecule has 1 fully saturated rings. The van der Waals surface area contributed by atoms with Crippen molar-refractivity contribution >= 4 is 11.6 Å². The average molecular weight is 350 g/mol. The molecule has 1 amide bonds. The fourth-order valence-corrected chi connectivity index (χ4v) is 4.35. The van der Waals surface area contributed by atoms with E-state index in [2.05, 4.69) is 20.4 Å². The first-order valence-corrected chi connectivity index (χ1v) is 9.43. The van der Waals surface area contributed by atoms with Crippen molar-refractivity contribution in [2.45, 2.75) is 38.5 Å². The van der Waals surface area contributed by atoms with Gasteiger partial charge in [0.2, 0.25) is 0 Å². The number of pyridine rings is 1. The molecular formula is C19H22N6O. The van der Waals surface area contributed by atoms with Crippen molar-refractivity contribution in [2.24, 2.45) is 5.92 Å². The molecule has 7 heteroatoms. The molecule has 7 nitrogen and oxygen atoms in total. The molecule has 134 valence electrons. The Hall–Kier alpha value is -2.70. The Bertz CT molecular complexity index is 958. The Balaban J connectivity index is 1.32. The van der Waals surface area contributed by atoms with E-state index in [1.807, 2.05) is 33.7 Å². The van der Waals surface area contributed by atoms with E-state index in [0.717, 1.165) is 74.3 Å². The molecule has 0 spiro atoms. The quantitative estimate of drug-likeness (QED) is 0.784. The lowest BCUT2D eigenvalue weighted by Gasteiger charge is -2.32. The number of H-pyrrole nitrogens is 1. The molecule has 1 atom stereocenters. The minimum Gasteiger partial charge on any atom is -0.337 e. The lowest BCUT2D eigenvalue weighted by molar-refractivity contribution is 0.0665. The number of piperidine rings is 1. The summed E-state index contributed by atoms with van der Waals surface area (Å²) >= 11 is 0. The number of aromatic amines is 1. The highest BCUT2D eigenvalue weighted by atomic mass is 16.2. The molecule has 0 aromatic carbocycles. The van der Waals surface area contributed by atoms with Gasteiger partial charge in [-0.3, -0.25) is 14.3 Å². The number of aryl methyl sites for hydroxylation is 1. The molecular weight excluding hydrogens is 328 g/mol. The number of carbonyl (C=O) groups is 1. The summed E-state index contributed by atoms with van der Waals surface area (Å²) in [5, 5.41) is 16.0. The number of amides is 1. The number of fused-ring (bicyclic) bond motifs is 2. The van der Waals surface area contributed by atoms with Crippen molar-refractivity contribution in [1.29, 1.82) is 0 Å². The summed E-state index contributed by atoms with van der Waals surface area (Å²) in [5.74, 6) is 1.47. The normalized spacial score (nSPS) is 19.8. The number of rotatable bonds is 3. The first-order chi connectivity index (χ1) is 12.8. The molecule has 5 rings (SSSR count). The van der Waals surface area contributed by atoms with E-state index in [0.29, 0.717) is 11.6 Å². The number of aromatic nitrogens is 5. The molecule has 26 heavy (non-hydrogen) atoms. The predicted molar refractivity (Wildman–Crippen MR) is 95.9 cm³/mol. The van der Waals surface area contributed by atoms with Gasteiger partial charge in [-0.2, -0.15) is 5.10 Å². The smallest absolute Gasteiger partial charge is 0.274 e. The SMILES string of the molecule is O=C(c1n[nH]c2c1CCC2)N1CCCC(Cc2nnc3ccccn23)C1. The largest absolute Gasteiger partial charge is 0.337 e. The van der Waals surface area contributed by atoms with E-state index in [4.69, 9.17) is 0 Å². The number of hydrogen-bond donors (Lipinski definition) is 1. The number of carbonyl (C=O) groups excluding carboxylic acids is 1. The molecule has 4 heterocycles. The third-order valence-corrected chi connectivity index (χ3v) is 5.67. The monoisotopic (exact) mass is 350 g/mol. The standard InChI is InChI=1S/C19H22N6O/c26-19(18-14-6-3-7-15(14)20-23-18)24-9-4-5-13(12-24)11-17-22-21-16-8-1-2-10-25(16)17/h1-2,8,10,13H,3-7,9,11-12H2,(H,20,23). The van der Waals surface area contributed by atoms with Crippen LogP contribution in [0.5, 0.6) is 0 Å². The van der Waals surface area contributed by atoms with E-state index >= 15 is 0 Å². The topological polar surface area (TPSA) is 79.2 Å². The third-order valence-electron chi connectivity index (χ3n) is 5.67. The van der Waals surface area contributed by atoms with Gasteiger partial charge in [0, 0.05) is 37.0 Å². The van der Waals surface area contributed by atoms with Gasteiger partial charge in [-0.25, -0.2) is 0 Å². The van der Waals surface area contributed by atoms with Gasteiger partial charge in [0.25, 0.3) is 5.91 Å². The van der Waals surface area contributed by atoms with Crippen molar-refractivity contribution in [1.82, 2.24) is 29.7 Å². The van der Waals surface area contributed by atoms with Crippen molar-refractivity contribution in [3.8, 4) is 0 Å². The zero-order valence-electron chi connectivity index (χ0n) is 14.7. The van der Waals surface area contributed by atoms with Gasteiger partial charge in [0.15, 0.2) is 11.3 Å². The second kappa shape index (κ2) is 6.23. The molecule has 2 aliphatic rings. The van der Waals surface area contributed by atoms with Crippen LogP contribution in [0.1, 0.15) is 46.8 Å². The maximum atomic E-state index is 13.0. The Morgan fingerprint density at radius 2 is 2.19 bits per heavy atom. The number of nitrogens with one attached hydrogen (secondary N) is 1. The Morgan fingerprint density at radius 3 is 3.15 bits per heavy atom. The predicted octanol–water partition coefficient (Wildman–Crippen LogP) is 2.04. The first kappa shape index (κ1) is 15.5. The van der Waals surface area contributed by atoms with Gasteiger partial charge < -0.3 is 4.90 Å². The summed E-state index contributed by atoms with van der Waals surface area (Å²) in [7, 11) is 0. The van der Waals surface area contributed by atoms with Crippen LogP contribution in [-0.2, 0) is 19.3 Å². The molecule has 3 aromatic heterocycles. The number of nitrogens with zero attached hydrogens (tertiary/aromatic N) is 5. The highest BCUT2D eigenvalue weighted by molar-refractivity contribution is 5.94. The van der Waals surface area contributed by atoms with Crippen molar-refractivity contribution in [2.75, 3.05) is 13.1 Å². The van der Waals surface area contributed by atoms with E-state index in [1.165, 1.54) is 0 Å². The minimum atomic E-state index is 0.0835. The van der Waals surface area contributed by atoms with Crippen LogP contribution < -0.4 is 0 Å². The zero-order chi connectivity index (χ0) is 17.5. The number of likely N-dealkylation sites (tertiary alicyclic amines) is 1. The molecule has 1 N–H and O–H groups in total. The van der Waals surface area contributed by atoms with Crippen LogP contribution in [0.2, 0.25) is 0 Å². The van der Waals surface area contributed by atoms with Crippen LogP contribution in [0.15, 0.2) is 24.4 Å². The molecule has 0 bridgehead atoms. The number of hydrogen-bond acceptors (Lipinski definition) is 4. The Kier molecular flexibility index (Phi) is 3.72. The molecule has 0 saturated carbocycles.